The van der Waals surface area contributed by atoms with Crippen LogP contribution >= 0.6 is 14.5 Å². The molecule has 6 rings (SSSR count). The molecular weight excluding hydrogens is 554 g/mol. The summed E-state index contributed by atoms with van der Waals surface area (Å²) in [6.07, 6.45) is 53.8. The number of allylic oxidation sites excluding steroid dienone is 2. The third-order valence-corrected chi connectivity index (χ3v) is 27.9. The average molecular weight is 629 g/mol. The summed E-state index contributed by atoms with van der Waals surface area (Å²) in [5, 5.41) is 0. The van der Waals surface area contributed by atoms with Gasteiger partial charge in [0, 0.05) is 14.5 Å². The molecule has 43 heavy (non-hydrogen) atoms. The highest BCUT2D eigenvalue weighted by Gasteiger charge is 2.58. The van der Waals surface area contributed by atoms with Gasteiger partial charge in [0.05, 0.1) is 46.3 Å². The standard InChI is InChI=1S/C41H74P2/c1-35(34-43(39-26-14-5-15-27-39,40-28-16-6-17-29-40)41-30-18-7-19-31-41)32-33-42(36-20-8-2-9-21-36,37-22-10-3-11-23-37)38-24-12-4-13-25-38/h32,36-41H,2-31,33-34H2,1H3/q+2. The van der Waals surface area contributed by atoms with E-state index in [-0.39, 0.29) is 0 Å². The van der Waals surface area contributed by atoms with Gasteiger partial charge in [-0.3, -0.25) is 0 Å². The second kappa shape index (κ2) is 16.6. The molecule has 0 bridgehead atoms. The summed E-state index contributed by atoms with van der Waals surface area (Å²) in [5.41, 5.74) is 8.81. The van der Waals surface area contributed by atoms with Crippen molar-refractivity contribution in [2.75, 3.05) is 12.3 Å². The quantitative estimate of drug-likeness (QED) is 0.167. The second-order valence-corrected chi connectivity index (χ2v) is 26.2. The number of rotatable bonds is 10. The van der Waals surface area contributed by atoms with Crippen molar-refractivity contribution in [3.63, 3.8) is 0 Å². The van der Waals surface area contributed by atoms with Crippen LogP contribution in [0.1, 0.15) is 200 Å². The van der Waals surface area contributed by atoms with Crippen molar-refractivity contribution >= 4 is 14.5 Å². The SMILES string of the molecule is CC(=CC[P+](C1CCCCC1)(C1CCCCC1)C1CCCCC1)C[P+](C1CCCCC1)(C1CCCCC1)C1CCCCC1. The highest BCUT2D eigenvalue weighted by molar-refractivity contribution is 7.78. The van der Waals surface area contributed by atoms with Gasteiger partial charge in [0.15, 0.2) is 0 Å². The minimum absolute atomic E-state index is 1.00. The molecular formula is C41H74P2+2. The van der Waals surface area contributed by atoms with Crippen LogP contribution in [0, 0.1) is 0 Å². The Kier molecular flexibility index (Phi) is 12.9. The van der Waals surface area contributed by atoms with Gasteiger partial charge >= 0.3 is 0 Å². The predicted molar refractivity (Wildman–Crippen MR) is 199 cm³/mol. The summed E-state index contributed by atoms with van der Waals surface area (Å²) in [6, 6.07) is 0. The first-order valence-corrected chi connectivity index (χ1v) is 25.0. The van der Waals surface area contributed by atoms with Crippen molar-refractivity contribution in [2.24, 2.45) is 0 Å². The van der Waals surface area contributed by atoms with E-state index in [0.29, 0.717) is 0 Å². The van der Waals surface area contributed by atoms with Gasteiger partial charge in [-0.1, -0.05) is 38.5 Å². The van der Waals surface area contributed by atoms with Gasteiger partial charge in [-0.15, -0.1) is 0 Å². The Balaban J connectivity index is 1.34. The fourth-order valence-electron chi connectivity index (χ4n) is 12.8. The summed E-state index contributed by atoms with van der Waals surface area (Å²) in [7, 11) is -2.02. The molecule has 0 aromatic heterocycles. The lowest BCUT2D eigenvalue weighted by Crippen LogP contribution is -2.38. The van der Waals surface area contributed by atoms with E-state index in [2.05, 4.69) is 13.0 Å². The largest absolute Gasteiger partial charge is 0.0809 e. The summed E-state index contributed by atoms with van der Waals surface area (Å²) < 4.78 is 0. The van der Waals surface area contributed by atoms with E-state index in [4.69, 9.17) is 0 Å². The molecule has 0 amide bonds. The highest BCUT2D eigenvalue weighted by Crippen LogP contribution is 2.79. The molecule has 246 valence electrons. The fourth-order valence-corrected chi connectivity index (χ4v) is 27.6. The number of hydrogen-bond acceptors (Lipinski definition) is 0. The Hall–Kier alpha value is 0.600. The van der Waals surface area contributed by atoms with E-state index in [0.717, 1.165) is 34.0 Å². The zero-order valence-electron chi connectivity index (χ0n) is 29.1. The van der Waals surface area contributed by atoms with E-state index in [1.54, 1.807) is 166 Å². The Morgan fingerprint density at radius 3 is 0.860 bits per heavy atom. The summed E-state index contributed by atoms with van der Waals surface area (Å²) in [4.78, 5) is 0. The van der Waals surface area contributed by atoms with E-state index >= 15 is 0 Å². The topological polar surface area (TPSA) is 0 Å². The molecule has 0 N–H and O–H groups in total. The molecule has 6 aliphatic carbocycles. The van der Waals surface area contributed by atoms with Gasteiger partial charge in [0.2, 0.25) is 0 Å². The minimum atomic E-state index is -1.01. The minimum Gasteiger partial charge on any atom is -0.0530 e. The van der Waals surface area contributed by atoms with E-state index < -0.39 is 14.5 Å². The molecule has 6 fully saturated rings. The van der Waals surface area contributed by atoms with Crippen LogP contribution in [0.5, 0.6) is 0 Å². The first-order chi connectivity index (χ1) is 21.2. The van der Waals surface area contributed by atoms with Gasteiger partial charge in [-0.2, -0.15) is 0 Å². The Bertz CT molecular complexity index is 733. The van der Waals surface area contributed by atoms with Crippen LogP contribution in [0.4, 0.5) is 0 Å². The molecule has 0 spiro atoms. The molecule has 0 nitrogen and oxygen atoms in total. The van der Waals surface area contributed by atoms with Crippen LogP contribution in [0.15, 0.2) is 11.6 Å². The molecule has 0 saturated heterocycles. The maximum absolute atomic E-state index is 3.08. The lowest BCUT2D eigenvalue weighted by molar-refractivity contribution is 0.451. The first kappa shape index (κ1) is 33.5. The maximum atomic E-state index is 3.08. The summed E-state index contributed by atoms with van der Waals surface area (Å²) in [6.45, 7) is 2.72. The van der Waals surface area contributed by atoms with Crippen LogP contribution in [0.25, 0.3) is 0 Å². The molecule has 0 aromatic rings. The van der Waals surface area contributed by atoms with Crippen LogP contribution in [-0.4, -0.2) is 46.3 Å². The van der Waals surface area contributed by atoms with Crippen LogP contribution < -0.4 is 0 Å². The lowest BCUT2D eigenvalue weighted by Gasteiger charge is -2.50. The lowest BCUT2D eigenvalue weighted by atomic mass is 9.99. The highest BCUT2D eigenvalue weighted by atomic mass is 31.2. The molecule has 0 heterocycles. The maximum Gasteiger partial charge on any atom is 0.0809 e. The predicted octanol–water partition coefficient (Wildman–Crippen LogP) is 14.0. The molecule has 0 unspecified atom stereocenters. The van der Waals surface area contributed by atoms with E-state index in [9.17, 15) is 0 Å². The molecule has 6 saturated carbocycles. The monoisotopic (exact) mass is 629 g/mol. The smallest absolute Gasteiger partial charge is 0.0530 e. The van der Waals surface area contributed by atoms with Crippen LogP contribution in [0.3, 0.4) is 0 Å². The average Bonchev–Trinajstić information content (AvgIpc) is 3.10. The fraction of sp³-hybridized carbons (Fsp3) is 0.951. The second-order valence-electron chi connectivity index (χ2n) is 17.1. The van der Waals surface area contributed by atoms with Crippen LogP contribution in [-0.2, 0) is 0 Å². The normalized spacial score (nSPS) is 28.3. The molecule has 0 radical (unpaired) electrons. The zero-order valence-corrected chi connectivity index (χ0v) is 30.9. The van der Waals surface area contributed by atoms with Crippen LogP contribution in [0.2, 0.25) is 0 Å². The Morgan fingerprint density at radius 2 is 0.605 bits per heavy atom. The van der Waals surface area contributed by atoms with E-state index in [1.807, 2.05) is 5.57 Å². The third-order valence-electron chi connectivity index (χ3n) is 14.8. The van der Waals surface area contributed by atoms with Crippen molar-refractivity contribution in [3.8, 4) is 0 Å². The van der Waals surface area contributed by atoms with Crippen molar-refractivity contribution < 1.29 is 0 Å². The van der Waals surface area contributed by atoms with E-state index in [1.165, 1.54) is 38.5 Å². The zero-order chi connectivity index (χ0) is 29.4. The molecule has 0 aromatic carbocycles. The number of hydrogen-bond donors (Lipinski definition) is 0. The van der Waals surface area contributed by atoms with Gasteiger partial charge in [-0.25, -0.2) is 0 Å². The van der Waals surface area contributed by atoms with Crippen molar-refractivity contribution in [3.05, 3.63) is 11.6 Å². The van der Waals surface area contributed by atoms with Gasteiger partial charge in [0.25, 0.3) is 0 Å². The Labute approximate surface area is 271 Å². The van der Waals surface area contributed by atoms with Crippen molar-refractivity contribution in [1.29, 1.82) is 0 Å². The molecule has 0 aliphatic heterocycles. The summed E-state index contributed by atoms with van der Waals surface area (Å²) >= 11 is 0. The molecule has 6 aliphatic rings. The van der Waals surface area contributed by atoms with Crippen molar-refractivity contribution in [2.45, 2.75) is 234 Å². The van der Waals surface area contributed by atoms with Gasteiger partial charge in [0.1, 0.15) is 0 Å². The van der Waals surface area contributed by atoms with Gasteiger partial charge < -0.3 is 0 Å². The third kappa shape index (κ3) is 7.68. The van der Waals surface area contributed by atoms with Gasteiger partial charge in [-0.05, 0) is 173 Å². The molecule has 2 heteroatoms. The summed E-state index contributed by atoms with van der Waals surface area (Å²) in [5.74, 6) is 0. The van der Waals surface area contributed by atoms with Crippen molar-refractivity contribution in [1.82, 2.24) is 0 Å². The Morgan fingerprint density at radius 1 is 0.372 bits per heavy atom. The molecule has 0 atom stereocenters. The first-order valence-electron chi connectivity index (χ1n) is 20.6.